The van der Waals surface area contributed by atoms with Crippen LogP contribution in [0.4, 0.5) is 18.9 Å². The first-order valence-corrected chi connectivity index (χ1v) is 12.5. The van der Waals surface area contributed by atoms with E-state index in [-0.39, 0.29) is 27.4 Å². The number of H-pyrrole nitrogens is 1. The molecular formula is C25H23F3N2O7S. The number of ketones is 1. The fourth-order valence-corrected chi connectivity index (χ4v) is 4.68. The van der Waals surface area contributed by atoms with Crippen LogP contribution in [-0.2, 0) is 25.7 Å². The predicted molar refractivity (Wildman–Crippen MR) is 130 cm³/mol. The number of Topliss-reactive ketones (excluding diaryl/α,β-unsaturated/α-hetero) is 1. The largest absolute Gasteiger partial charge is 0.465 e. The molecule has 13 heteroatoms. The number of alkyl halides is 3. The van der Waals surface area contributed by atoms with Crippen LogP contribution >= 0.6 is 0 Å². The first-order valence-electron chi connectivity index (χ1n) is 11.0. The third kappa shape index (κ3) is 6.05. The summed E-state index contributed by atoms with van der Waals surface area (Å²) < 4.78 is 75.9. The summed E-state index contributed by atoms with van der Waals surface area (Å²) in [5.41, 5.74) is -0.365. The Labute approximate surface area is 216 Å². The third-order valence-corrected chi connectivity index (χ3v) is 6.97. The van der Waals surface area contributed by atoms with Gasteiger partial charge in [-0.2, -0.15) is 13.2 Å². The minimum atomic E-state index is -4.65. The van der Waals surface area contributed by atoms with Crippen LogP contribution in [0.2, 0.25) is 0 Å². The highest BCUT2D eigenvalue weighted by Gasteiger charge is 2.31. The maximum atomic E-state index is 12.9. The maximum Gasteiger partial charge on any atom is 0.416 e. The average Bonchev–Trinajstić information content (AvgIpc) is 3.16. The van der Waals surface area contributed by atoms with Gasteiger partial charge in [0.2, 0.25) is 5.78 Å². The normalized spacial score (nSPS) is 12.5. The Morgan fingerprint density at radius 3 is 2.21 bits per heavy atom. The van der Waals surface area contributed by atoms with Gasteiger partial charge in [0.05, 0.1) is 34.4 Å². The van der Waals surface area contributed by atoms with Crippen LogP contribution in [0.15, 0.2) is 53.4 Å². The average molecular weight is 553 g/mol. The Kier molecular flexibility index (Phi) is 8.01. The molecule has 9 nitrogen and oxygen atoms in total. The Hall–Kier alpha value is -4.13. The second kappa shape index (κ2) is 10.7. The molecule has 0 radical (unpaired) electrons. The molecule has 0 aliphatic heterocycles. The van der Waals surface area contributed by atoms with Gasteiger partial charge >= 0.3 is 18.1 Å². The minimum Gasteiger partial charge on any atom is -0.465 e. The number of benzene rings is 2. The maximum absolute atomic E-state index is 12.9. The van der Waals surface area contributed by atoms with E-state index in [9.17, 15) is 36.0 Å². The number of rotatable bonds is 8. The van der Waals surface area contributed by atoms with Gasteiger partial charge in [-0.1, -0.05) is 6.07 Å². The van der Waals surface area contributed by atoms with Gasteiger partial charge < -0.3 is 14.5 Å². The topological polar surface area (TPSA) is 132 Å². The molecule has 1 heterocycles. The zero-order valence-corrected chi connectivity index (χ0v) is 21.4. The number of esters is 2. The van der Waals surface area contributed by atoms with Crippen LogP contribution in [-0.4, -0.2) is 44.3 Å². The lowest BCUT2D eigenvalue weighted by molar-refractivity contribution is -0.137. The summed E-state index contributed by atoms with van der Waals surface area (Å²) >= 11 is 0. The number of methoxy groups -OCH3 is 1. The molecule has 1 unspecified atom stereocenters. The zero-order chi connectivity index (χ0) is 28.4. The first-order chi connectivity index (χ1) is 17.7. The van der Waals surface area contributed by atoms with Crippen LogP contribution in [0.5, 0.6) is 0 Å². The number of halogens is 3. The molecule has 0 saturated heterocycles. The second-order valence-corrected chi connectivity index (χ2v) is 9.92. The standard InChI is InChI=1S/C25H23F3N2O7S/c1-13-20(24(33)36-4)14(2)29-21(13)22(31)15(3)37-23(32)16-8-10-19(11-9-16)38(34,35)30-18-7-5-6-17(12-18)25(26,27)28/h5-12,15,29-30H,1-4H3. The lowest BCUT2D eigenvalue weighted by atomic mass is 10.1. The van der Waals surface area contributed by atoms with Crippen LogP contribution in [0.3, 0.4) is 0 Å². The zero-order valence-electron chi connectivity index (χ0n) is 20.6. The van der Waals surface area contributed by atoms with Crippen molar-refractivity contribution < 1.29 is 45.4 Å². The molecule has 0 spiro atoms. The third-order valence-electron chi connectivity index (χ3n) is 5.57. The van der Waals surface area contributed by atoms with E-state index in [1.54, 1.807) is 13.8 Å². The van der Waals surface area contributed by atoms with E-state index in [1.165, 1.54) is 20.1 Å². The summed E-state index contributed by atoms with van der Waals surface area (Å²) in [5.74, 6) is -2.15. The van der Waals surface area contributed by atoms with Crippen LogP contribution in [0.25, 0.3) is 0 Å². The number of nitrogens with one attached hydrogen (secondary N) is 2. The van der Waals surface area contributed by atoms with Crippen molar-refractivity contribution in [3.8, 4) is 0 Å². The fourth-order valence-electron chi connectivity index (χ4n) is 3.63. The van der Waals surface area contributed by atoms with Gasteiger partial charge in [0.15, 0.2) is 6.10 Å². The molecule has 38 heavy (non-hydrogen) atoms. The molecule has 202 valence electrons. The lowest BCUT2D eigenvalue weighted by Gasteiger charge is -2.13. The summed E-state index contributed by atoms with van der Waals surface area (Å²) in [6.07, 6.45) is -5.90. The number of ether oxygens (including phenoxy) is 2. The smallest absolute Gasteiger partial charge is 0.416 e. The van der Waals surface area contributed by atoms with E-state index in [0.29, 0.717) is 17.3 Å². The van der Waals surface area contributed by atoms with E-state index in [2.05, 4.69) is 9.71 Å². The molecule has 0 aliphatic rings. The number of sulfonamides is 1. The summed E-state index contributed by atoms with van der Waals surface area (Å²) in [7, 11) is -3.07. The highest BCUT2D eigenvalue weighted by atomic mass is 32.2. The van der Waals surface area contributed by atoms with Crippen molar-refractivity contribution in [2.75, 3.05) is 11.8 Å². The number of aromatic nitrogens is 1. The SMILES string of the molecule is COC(=O)c1c(C)[nH]c(C(=O)C(C)OC(=O)c2ccc(S(=O)(=O)Nc3cccc(C(F)(F)F)c3)cc2)c1C. The van der Waals surface area contributed by atoms with Gasteiger partial charge in [0.25, 0.3) is 10.0 Å². The first kappa shape index (κ1) is 28.4. The van der Waals surface area contributed by atoms with Gasteiger partial charge in [-0.25, -0.2) is 18.0 Å². The van der Waals surface area contributed by atoms with Gasteiger partial charge in [-0.3, -0.25) is 9.52 Å². The van der Waals surface area contributed by atoms with E-state index in [4.69, 9.17) is 9.47 Å². The van der Waals surface area contributed by atoms with E-state index in [1.807, 2.05) is 0 Å². The Morgan fingerprint density at radius 2 is 1.63 bits per heavy atom. The van der Waals surface area contributed by atoms with Crippen LogP contribution in [0, 0.1) is 13.8 Å². The highest BCUT2D eigenvalue weighted by Crippen LogP contribution is 2.31. The van der Waals surface area contributed by atoms with Gasteiger partial charge in [0, 0.05) is 11.4 Å². The van der Waals surface area contributed by atoms with E-state index >= 15 is 0 Å². The summed E-state index contributed by atoms with van der Waals surface area (Å²) in [5, 5.41) is 0. The van der Waals surface area contributed by atoms with Crippen molar-refractivity contribution in [1.29, 1.82) is 0 Å². The van der Waals surface area contributed by atoms with Crippen LogP contribution < -0.4 is 4.72 Å². The molecule has 3 aromatic rings. The van der Waals surface area contributed by atoms with Crippen molar-refractivity contribution >= 4 is 33.4 Å². The number of aromatic amines is 1. The number of hydrogen-bond donors (Lipinski definition) is 2. The summed E-state index contributed by atoms with van der Waals surface area (Å²) in [6, 6.07) is 8.11. The Balaban J connectivity index is 1.72. The quantitative estimate of drug-likeness (QED) is 0.307. The number of anilines is 1. The molecule has 0 bridgehead atoms. The molecular weight excluding hydrogens is 529 g/mol. The molecule has 1 aromatic heterocycles. The van der Waals surface area contributed by atoms with Crippen molar-refractivity contribution in [3.05, 3.63) is 82.2 Å². The van der Waals surface area contributed by atoms with E-state index < -0.39 is 45.6 Å². The molecule has 1 atom stereocenters. The lowest BCUT2D eigenvalue weighted by Crippen LogP contribution is -2.25. The molecule has 0 aliphatic carbocycles. The summed E-state index contributed by atoms with van der Waals surface area (Å²) in [6.45, 7) is 4.47. The number of carbonyl (C=O) groups excluding carboxylic acids is 3. The molecule has 2 aromatic carbocycles. The van der Waals surface area contributed by atoms with Gasteiger partial charge in [-0.05, 0) is 68.8 Å². The molecule has 0 fully saturated rings. The van der Waals surface area contributed by atoms with Crippen molar-refractivity contribution in [1.82, 2.24) is 4.98 Å². The number of aryl methyl sites for hydroxylation is 1. The molecule has 2 N–H and O–H groups in total. The minimum absolute atomic E-state index is 0.0719. The van der Waals surface area contributed by atoms with Crippen LogP contribution in [0.1, 0.15) is 54.9 Å². The second-order valence-electron chi connectivity index (χ2n) is 8.24. The fraction of sp³-hybridized carbons (Fsp3) is 0.240. The van der Waals surface area contributed by atoms with E-state index in [0.717, 1.165) is 36.4 Å². The highest BCUT2D eigenvalue weighted by molar-refractivity contribution is 7.92. The van der Waals surface area contributed by atoms with Gasteiger partial charge in [-0.15, -0.1) is 0 Å². The van der Waals surface area contributed by atoms with Crippen molar-refractivity contribution in [2.45, 2.75) is 37.9 Å². The molecule has 3 rings (SSSR count). The predicted octanol–water partition coefficient (Wildman–Crippen LogP) is 4.67. The van der Waals surface area contributed by atoms with Crippen molar-refractivity contribution in [3.63, 3.8) is 0 Å². The summed E-state index contributed by atoms with van der Waals surface area (Å²) in [4.78, 5) is 39.8. The monoisotopic (exact) mass is 552 g/mol. The van der Waals surface area contributed by atoms with Gasteiger partial charge in [0.1, 0.15) is 0 Å². The van der Waals surface area contributed by atoms with Crippen molar-refractivity contribution in [2.24, 2.45) is 0 Å². The molecule has 0 saturated carbocycles. The Bertz CT molecular complexity index is 1490. The number of carbonyl (C=O) groups is 3. The number of hydrogen-bond acceptors (Lipinski definition) is 7. The Morgan fingerprint density at radius 1 is 1.00 bits per heavy atom. The molecule has 0 amide bonds.